The molecule has 1 rings (SSSR count). The smallest absolute Gasteiger partial charge is 0.186 e. The summed E-state index contributed by atoms with van der Waals surface area (Å²) in [6.45, 7) is 9.15. The van der Waals surface area contributed by atoms with Crippen LogP contribution in [-0.2, 0) is 0 Å². The molecule has 0 aliphatic carbocycles. The van der Waals surface area contributed by atoms with E-state index in [0.29, 0.717) is 19.6 Å². The highest BCUT2D eigenvalue weighted by atomic mass is 79.9. The van der Waals surface area contributed by atoms with Crippen LogP contribution in [0.4, 0.5) is 0 Å². The summed E-state index contributed by atoms with van der Waals surface area (Å²) in [4.78, 5) is 14.7. The molecule has 1 aromatic rings. The van der Waals surface area contributed by atoms with Gasteiger partial charge in [0.05, 0.1) is 11.4 Å². The summed E-state index contributed by atoms with van der Waals surface area (Å²) in [5.74, 6) is 0.138. The SMILES string of the molecule is C=CCN(CC=C)CC(=O)c1cc(Br)cs1. The van der Waals surface area contributed by atoms with Gasteiger partial charge in [-0.15, -0.1) is 24.5 Å². The average molecular weight is 300 g/mol. The zero-order chi connectivity index (χ0) is 12.0. The van der Waals surface area contributed by atoms with Crippen molar-refractivity contribution in [2.24, 2.45) is 0 Å². The molecule has 0 bridgehead atoms. The van der Waals surface area contributed by atoms with Gasteiger partial charge in [-0.1, -0.05) is 12.2 Å². The lowest BCUT2D eigenvalue weighted by Crippen LogP contribution is -2.29. The number of Topliss-reactive ketones (excluding diaryl/α,β-unsaturated/α-hetero) is 1. The van der Waals surface area contributed by atoms with Gasteiger partial charge in [-0.3, -0.25) is 9.69 Å². The Labute approximate surface area is 108 Å². The second-order valence-electron chi connectivity index (χ2n) is 3.32. The number of carbonyl (C=O) groups excluding carboxylic acids is 1. The number of carbonyl (C=O) groups is 1. The molecule has 0 fully saturated rings. The molecule has 0 spiro atoms. The second-order valence-corrected chi connectivity index (χ2v) is 5.15. The molecule has 4 heteroatoms. The van der Waals surface area contributed by atoms with E-state index < -0.39 is 0 Å². The van der Waals surface area contributed by atoms with Crippen LogP contribution in [0.5, 0.6) is 0 Å². The molecule has 16 heavy (non-hydrogen) atoms. The van der Waals surface area contributed by atoms with E-state index in [2.05, 4.69) is 29.1 Å². The topological polar surface area (TPSA) is 20.3 Å². The van der Waals surface area contributed by atoms with E-state index >= 15 is 0 Å². The van der Waals surface area contributed by atoms with Gasteiger partial charge in [0.25, 0.3) is 0 Å². The van der Waals surface area contributed by atoms with E-state index in [1.54, 1.807) is 12.2 Å². The first kappa shape index (κ1) is 13.4. The van der Waals surface area contributed by atoms with Crippen molar-refractivity contribution in [3.8, 4) is 0 Å². The van der Waals surface area contributed by atoms with Crippen molar-refractivity contribution in [2.75, 3.05) is 19.6 Å². The second kappa shape index (κ2) is 6.78. The molecule has 0 saturated heterocycles. The number of halogens is 1. The fourth-order valence-corrected chi connectivity index (χ4v) is 2.67. The Bertz CT molecular complexity index is 376. The van der Waals surface area contributed by atoms with Crippen molar-refractivity contribution in [1.82, 2.24) is 4.90 Å². The monoisotopic (exact) mass is 299 g/mol. The number of ketones is 1. The summed E-state index contributed by atoms with van der Waals surface area (Å²) < 4.78 is 0.958. The molecule has 0 unspecified atom stereocenters. The Kier molecular flexibility index (Phi) is 5.66. The first-order valence-corrected chi connectivity index (χ1v) is 6.56. The third-order valence-corrected chi connectivity index (χ3v) is 3.72. The lowest BCUT2D eigenvalue weighted by Gasteiger charge is -2.16. The Morgan fingerprint density at radius 3 is 2.50 bits per heavy atom. The third-order valence-electron chi connectivity index (χ3n) is 1.98. The normalized spacial score (nSPS) is 10.4. The van der Waals surface area contributed by atoms with E-state index in [4.69, 9.17) is 0 Å². The average Bonchev–Trinajstić information content (AvgIpc) is 2.65. The molecule has 0 saturated carbocycles. The van der Waals surface area contributed by atoms with Crippen molar-refractivity contribution in [1.29, 1.82) is 0 Å². The Morgan fingerprint density at radius 1 is 1.44 bits per heavy atom. The Balaban J connectivity index is 2.60. The molecule has 2 nitrogen and oxygen atoms in total. The summed E-state index contributed by atoms with van der Waals surface area (Å²) in [6, 6.07) is 1.85. The predicted octanol–water partition coefficient (Wildman–Crippen LogP) is 3.37. The maximum atomic E-state index is 11.9. The minimum Gasteiger partial charge on any atom is -0.292 e. The van der Waals surface area contributed by atoms with Gasteiger partial charge in [-0.25, -0.2) is 0 Å². The minimum absolute atomic E-state index is 0.138. The highest BCUT2D eigenvalue weighted by Gasteiger charge is 2.12. The fourth-order valence-electron chi connectivity index (χ4n) is 1.31. The molecule has 1 aromatic heterocycles. The maximum absolute atomic E-state index is 11.9. The largest absolute Gasteiger partial charge is 0.292 e. The molecule has 0 amide bonds. The van der Waals surface area contributed by atoms with Crippen LogP contribution in [-0.4, -0.2) is 30.3 Å². The van der Waals surface area contributed by atoms with Crippen molar-refractivity contribution >= 4 is 33.0 Å². The zero-order valence-electron chi connectivity index (χ0n) is 8.99. The highest BCUT2D eigenvalue weighted by Crippen LogP contribution is 2.20. The van der Waals surface area contributed by atoms with Gasteiger partial charge in [-0.2, -0.15) is 0 Å². The van der Waals surface area contributed by atoms with Gasteiger partial charge in [0.2, 0.25) is 0 Å². The molecule has 0 radical (unpaired) electrons. The maximum Gasteiger partial charge on any atom is 0.186 e. The summed E-state index contributed by atoms with van der Waals surface area (Å²) in [5.41, 5.74) is 0. The lowest BCUT2D eigenvalue weighted by atomic mass is 10.3. The van der Waals surface area contributed by atoms with Gasteiger partial charge in [0, 0.05) is 22.9 Å². The van der Waals surface area contributed by atoms with Crippen LogP contribution in [0.1, 0.15) is 9.67 Å². The first-order valence-electron chi connectivity index (χ1n) is 4.88. The van der Waals surface area contributed by atoms with Crippen LogP contribution in [0.25, 0.3) is 0 Å². The van der Waals surface area contributed by atoms with Crippen molar-refractivity contribution in [3.63, 3.8) is 0 Å². The van der Waals surface area contributed by atoms with Crippen molar-refractivity contribution < 1.29 is 4.79 Å². The quantitative estimate of drug-likeness (QED) is 0.568. The number of nitrogens with zero attached hydrogens (tertiary/aromatic N) is 1. The van der Waals surface area contributed by atoms with Gasteiger partial charge < -0.3 is 0 Å². The van der Waals surface area contributed by atoms with Gasteiger partial charge in [-0.05, 0) is 22.0 Å². The molecule has 0 atom stereocenters. The standard InChI is InChI=1S/C12H14BrNOS/c1-3-5-14(6-4-2)8-11(15)12-7-10(13)9-16-12/h3-4,7,9H,1-2,5-6,8H2. The first-order chi connectivity index (χ1) is 7.67. The van der Waals surface area contributed by atoms with Gasteiger partial charge in [0.1, 0.15) is 0 Å². The molecule has 0 aliphatic heterocycles. The number of thiophene rings is 1. The predicted molar refractivity (Wildman–Crippen MR) is 73.2 cm³/mol. The molecular formula is C12H14BrNOS. The fraction of sp³-hybridized carbons (Fsp3) is 0.250. The molecule has 1 heterocycles. The minimum atomic E-state index is 0.138. The molecule has 0 aliphatic rings. The summed E-state index contributed by atoms with van der Waals surface area (Å²) in [6.07, 6.45) is 3.59. The van der Waals surface area contributed by atoms with Crippen LogP contribution < -0.4 is 0 Å². The van der Waals surface area contributed by atoms with E-state index in [-0.39, 0.29) is 5.78 Å². The van der Waals surface area contributed by atoms with E-state index in [1.807, 2.05) is 16.3 Å². The van der Waals surface area contributed by atoms with Crippen molar-refractivity contribution in [3.05, 3.63) is 46.1 Å². The summed E-state index contributed by atoms with van der Waals surface area (Å²) in [5, 5.41) is 1.92. The highest BCUT2D eigenvalue weighted by molar-refractivity contribution is 9.10. The molecule has 0 N–H and O–H groups in total. The van der Waals surface area contributed by atoms with E-state index in [9.17, 15) is 4.79 Å². The van der Waals surface area contributed by atoms with Crippen LogP contribution in [0.3, 0.4) is 0 Å². The van der Waals surface area contributed by atoms with Crippen molar-refractivity contribution in [2.45, 2.75) is 0 Å². The molecular weight excluding hydrogens is 286 g/mol. The van der Waals surface area contributed by atoms with E-state index in [0.717, 1.165) is 9.35 Å². The summed E-state index contributed by atoms with van der Waals surface area (Å²) >= 11 is 4.80. The van der Waals surface area contributed by atoms with Crippen LogP contribution in [0.15, 0.2) is 41.2 Å². The van der Waals surface area contributed by atoms with Crippen LogP contribution >= 0.6 is 27.3 Å². The summed E-state index contributed by atoms with van der Waals surface area (Å²) in [7, 11) is 0. The number of hydrogen-bond donors (Lipinski definition) is 0. The Morgan fingerprint density at radius 2 is 2.06 bits per heavy atom. The van der Waals surface area contributed by atoms with Gasteiger partial charge >= 0.3 is 0 Å². The van der Waals surface area contributed by atoms with E-state index in [1.165, 1.54) is 11.3 Å². The van der Waals surface area contributed by atoms with Crippen LogP contribution in [0, 0.1) is 0 Å². The number of rotatable bonds is 7. The molecule has 86 valence electrons. The van der Waals surface area contributed by atoms with Gasteiger partial charge in [0.15, 0.2) is 5.78 Å². The molecule has 0 aromatic carbocycles. The number of hydrogen-bond acceptors (Lipinski definition) is 3. The zero-order valence-corrected chi connectivity index (χ0v) is 11.4. The third kappa shape index (κ3) is 4.04. The van der Waals surface area contributed by atoms with Crippen LogP contribution in [0.2, 0.25) is 0 Å². The lowest BCUT2D eigenvalue weighted by molar-refractivity contribution is 0.0948. The Hall–Kier alpha value is -0.710.